The summed E-state index contributed by atoms with van der Waals surface area (Å²) < 4.78 is 24.8. The molecule has 0 saturated heterocycles. The first-order valence-electron chi connectivity index (χ1n) is 6.63. The molecule has 0 aliphatic rings. The Labute approximate surface area is 117 Å². The van der Waals surface area contributed by atoms with Crippen LogP contribution >= 0.6 is 0 Å². The van der Waals surface area contributed by atoms with Crippen molar-refractivity contribution in [2.24, 2.45) is 5.92 Å². The molecule has 0 unspecified atom stereocenters. The second-order valence-electron chi connectivity index (χ2n) is 4.99. The summed E-state index contributed by atoms with van der Waals surface area (Å²) >= 11 is 0. The third-order valence-electron chi connectivity index (χ3n) is 2.76. The molecule has 2 aromatic rings. The van der Waals surface area contributed by atoms with Crippen molar-refractivity contribution in [3.05, 3.63) is 30.2 Å². The number of nitrogens with two attached hydrogens (primary N) is 1. The van der Waals surface area contributed by atoms with E-state index in [-0.39, 0.29) is 12.4 Å². The second kappa shape index (κ2) is 6.52. The summed E-state index contributed by atoms with van der Waals surface area (Å²) in [6, 6.07) is 4.81. The number of nitrogens with zero attached hydrogens (tertiary/aromatic N) is 1. The molecule has 0 bridgehead atoms. The number of benzene rings is 1. The van der Waals surface area contributed by atoms with Crippen molar-refractivity contribution >= 4 is 16.6 Å². The number of nitrogen functional groups attached to an aromatic ring is 1. The van der Waals surface area contributed by atoms with Gasteiger partial charge < -0.3 is 15.2 Å². The van der Waals surface area contributed by atoms with Crippen molar-refractivity contribution in [1.82, 2.24) is 4.98 Å². The minimum absolute atomic E-state index is 0.128. The maximum absolute atomic E-state index is 13.9. The van der Waals surface area contributed by atoms with Crippen LogP contribution in [0.2, 0.25) is 0 Å². The number of anilines is 1. The van der Waals surface area contributed by atoms with Crippen molar-refractivity contribution in [2.75, 3.05) is 25.6 Å². The minimum Gasteiger partial charge on any atom is -0.486 e. The predicted octanol–water partition coefficient (Wildman–Crippen LogP) is 3.01. The van der Waals surface area contributed by atoms with Crippen LogP contribution in [0.25, 0.3) is 10.9 Å². The van der Waals surface area contributed by atoms with Gasteiger partial charge in [-0.25, -0.2) is 4.39 Å². The van der Waals surface area contributed by atoms with Gasteiger partial charge in [0.2, 0.25) is 0 Å². The number of halogens is 1. The van der Waals surface area contributed by atoms with Crippen LogP contribution in [-0.4, -0.2) is 24.8 Å². The monoisotopic (exact) mass is 278 g/mol. The zero-order chi connectivity index (χ0) is 14.5. The van der Waals surface area contributed by atoms with Crippen LogP contribution in [0.4, 0.5) is 10.1 Å². The van der Waals surface area contributed by atoms with E-state index < -0.39 is 5.82 Å². The van der Waals surface area contributed by atoms with Gasteiger partial charge >= 0.3 is 0 Å². The smallest absolute Gasteiger partial charge is 0.181 e. The third-order valence-corrected chi connectivity index (χ3v) is 2.76. The zero-order valence-corrected chi connectivity index (χ0v) is 11.7. The minimum atomic E-state index is -0.502. The zero-order valence-electron chi connectivity index (χ0n) is 11.7. The Morgan fingerprint density at radius 3 is 2.90 bits per heavy atom. The van der Waals surface area contributed by atoms with E-state index in [2.05, 4.69) is 18.8 Å². The van der Waals surface area contributed by atoms with E-state index >= 15 is 0 Å². The van der Waals surface area contributed by atoms with Crippen molar-refractivity contribution in [3.8, 4) is 5.75 Å². The molecule has 1 aromatic carbocycles. The third kappa shape index (κ3) is 3.36. The Bertz CT molecular complexity index is 587. The lowest BCUT2D eigenvalue weighted by Crippen LogP contribution is -2.11. The van der Waals surface area contributed by atoms with Crippen LogP contribution < -0.4 is 10.5 Å². The van der Waals surface area contributed by atoms with E-state index in [0.29, 0.717) is 35.7 Å². The maximum Gasteiger partial charge on any atom is 0.181 e. The SMILES string of the molecule is CC(C)COCCOc1c(F)cc(N)c2cccnc12. The Morgan fingerprint density at radius 1 is 1.35 bits per heavy atom. The quantitative estimate of drug-likeness (QED) is 0.652. The van der Waals surface area contributed by atoms with Crippen LogP contribution in [0.5, 0.6) is 5.75 Å². The standard InChI is InChI=1S/C15H19FN2O2/c1-10(2)9-19-6-7-20-15-12(16)8-13(17)11-4-3-5-18-14(11)15/h3-5,8,10H,6-7,9,17H2,1-2H3. The summed E-state index contributed by atoms with van der Waals surface area (Å²) in [6.07, 6.45) is 1.59. The van der Waals surface area contributed by atoms with Crippen molar-refractivity contribution < 1.29 is 13.9 Å². The summed E-state index contributed by atoms with van der Waals surface area (Å²) in [5, 5.41) is 0.687. The molecule has 0 saturated carbocycles. The molecule has 2 N–H and O–H groups in total. The summed E-state index contributed by atoms with van der Waals surface area (Å²) in [5.74, 6) is 0.0891. The van der Waals surface area contributed by atoms with Crippen LogP contribution in [0.3, 0.4) is 0 Å². The molecule has 108 valence electrons. The highest BCUT2D eigenvalue weighted by Gasteiger charge is 2.13. The van der Waals surface area contributed by atoms with Gasteiger partial charge in [-0.15, -0.1) is 0 Å². The average molecular weight is 278 g/mol. The fraction of sp³-hybridized carbons (Fsp3) is 0.400. The number of hydrogen-bond donors (Lipinski definition) is 1. The fourth-order valence-corrected chi connectivity index (χ4v) is 1.87. The molecule has 0 aliphatic heterocycles. The molecule has 5 heteroatoms. The molecule has 1 heterocycles. The van der Waals surface area contributed by atoms with E-state index in [1.54, 1.807) is 18.3 Å². The Hall–Kier alpha value is -1.88. The summed E-state index contributed by atoms with van der Waals surface area (Å²) in [6.45, 7) is 5.48. The van der Waals surface area contributed by atoms with Gasteiger partial charge in [0.05, 0.1) is 6.61 Å². The number of fused-ring (bicyclic) bond motifs is 1. The highest BCUT2D eigenvalue weighted by atomic mass is 19.1. The van der Waals surface area contributed by atoms with E-state index in [4.69, 9.17) is 15.2 Å². The molecule has 20 heavy (non-hydrogen) atoms. The summed E-state index contributed by atoms with van der Waals surface area (Å²) in [4.78, 5) is 4.14. The van der Waals surface area contributed by atoms with Crippen molar-refractivity contribution in [2.45, 2.75) is 13.8 Å². The number of ether oxygens (including phenoxy) is 2. The van der Waals surface area contributed by atoms with Crippen LogP contribution in [0.1, 0.15) is 13.8 Å². The lowest BCUT2D eigenvalue weighted by molar-refractivity contribution is 0.0812. The molecular formula is C15H19FN2O2. The van der Waals surface area contributed by atoms with E-state index in [1.807, 2.05) is 0 Å². The highest BCUT2D eigenvalue weighted by Crippen LogP contribution is 2.31. The number of pyridine rings is 1. The normalized spacial score (nSPS) is 11.2. The van der Waals surface area contributed by atoms with Gasteiger partial charge in [-0.2, -0.15) is 0 Å². The van der Waals surface area contributed by atoms with Crippen LogP contribution in [0.15, 0.2) is 24.4 Å². The van der Waals surface area contributed by atoms with Crippen molar-refractivity contribution in [1.29, 1.82) is 0 Å². The molecule has 4 nitrogen and oxygen atoms in total. The first-order chi connectivity index (χ1) is 9.59. The molecule has 0 fully saturated rings. The summed E-state index contributed by atoms with van der Waals surface area (Å²) in [7, 11) is 0. The molecule has 0 spiro atoms. The van der Waals surface area contributed by atoms with E-state index in [0.717, 1.165) is 0 Å². The first kappa shape index (κ1) is 14.5. The molecule has 2 rings (SSSR count). The van der Waals surface area contributed by atoms with Crippen LogP contribution in [-0.2, 0) is 4.74 Å². The van der Waals surface area contributed by atoms with Gasteiger partial charge in [-0.3, -0.25) is 4.98 Å². The lowest BCUT2D eigenvalue weighted by atomic mass is 10.1. The second-order valence-corrected chi connectivity index (χ2v) is 4.99. The summed E-state index contributed by atoms with van der Waals surface area (Å²) in [5.41, 5.74) is 6.57. The molecular weight excluding hydrogens is 259 g/mol. The van der Waals surface area contributed by atoms with E-state index in [1.165, 1.54) is 6.07 Å². The molecule has 0 amide bonds. The maximum atomic E-state index is 13.9. The fourth-order valence-electron chi connectivity index (χ4n) is 1.87. The van der Waals surface area contributed by atoms with Gasteiger partial charge in [0.1, 0.15) is 12.1 Å². The molecule has 0 radical (unpaired) electrons. The molecule has 1 aromatic heterocycles. The number of hydrogen-bond acceptors (Lipinski definition) is 4. The largest absolute Gasteiger partial charge is 0.486 e. The number of rotatable bonds is 6. The van der Waals surface area contributed by atoms with Crippen molar-refractivity contribution in [3.63, 3.8) is 0 Å². The lowest BCUT2D eigenvalue weighted by Gasteiger charge is -2.12. The number of aromatic nitrogens is 1. The van der Waals surface area contributed by atoms with Gasteiger partial charge in [0.25, 0.3) is 0 Å². The van der Waals surface area contributed by atoms with Gasteiger partial charge in [0, 0.05) is 29.9 Å². The Balaban J connectivity index is 2.10. The van der Waals surface area contributed by atoms with Gasteiger partial charge in [-0.1, -0.05) is 13.8 Å². The Morgan fingerprint density at radius 2 is 2.15 bits per heavy atom. The van der Waals surface area contributed by atoms with Gasteiger partial charge in [-0.05, 0) is 18.1 Å². The molecule has 0 aliphatic carbocycles. The highest BCUT2D eigenvalue weighted by molar-refractivity contribution is 5.94. The van der Waals surface area contributed by atoms with E-state index in [9.17, 15) is 4.39 Å². The molecule has 0 atom stereocenters. The topological polar surface area (TPSA) is 57.4 Å². The first-order valence-corrected chi connectivity index (χ1v) is 6.63. The average Bonchev–Trinajstić information content (AvgIpc) is 2.41. The van der Waals surface area contributed by atoms with Crippen LogP contribution in [0, 0.1) is 11.7 Å². The Kier molecular flexibility index (Phi) is 4.74. The van der Waals surface area contributed by atoms with Gasteiger partial charge in [0.15, 0.2) is 11.6 Å². The predicted molar refractivity (Wildman–Crippen MR) is 77.3 cm³/mol.